The molecule has 2 unspecified atom stereocenters. The van der Waals surface area contributed by atoms with Crippen LogP contribution in [0.15, 0.2) is 18.2 Å². The van der Waals surface area contributed by atoms with E-state index in [2.05, 4.69) is 12.2 Å². The topological polar surface area (TPSA) is 58.3 Å². The molecule has 4 N–H and O–H groups in total. The molecule has 0 amide bonds. The number of benzene rings is 1. The van der Waals surface area contributed by atoms with E-state index in [0.29, 0.717) is 5.92 Å². The maximum absolute atomic E-state index is 9.63. The molecule has 2 rings (SSSR count). The predicted molar refractivity (Wildman–Crippen MR) is 72.0 cm³/mol. The van der Waals surface area contributed by atoms with Crippen LogP contribution < -0.4 is 11.1 Å². The summed E-state index contributed by atoms with van der Waals surface area (Å²) < 4.78 is 0. The van der Waals surface area contributed by atoms with Crippen LogP contribution in [0.25, 0.3) is 0 Å². The Morgan fingerprint density at radius 3 is 3.00 bits per heavy atom. The van der Waals surface area contributed by atoms with Gasteiger partial charge in [0.05, 0.1) is 6.10 Å². The molecule has 0 spiro atoms. The lowest BCUT2D eigenvalue weighted by Gasteiger charge is -2.26. The second-order valence-corrected chi connectivity index (χ2v) is 5.14. The Labute approximate surface area is 103 Å². The Bertz CT molecular complexity index is 378. The standard InChI is InChI=1S/C14H22N2O/c1-10-5-6-12(15)8-14(10)16-9-11-3-2-4-13(17)7-11/h5-6,8,11,13,16-17H,2-4,7,9,15H2,1H3. The first-order valence-corrected chi connectivity index (χ1v) is 6.43. The van der Waals surface area contributed by atoms with Crippen LogP contribution in [-0.2, 0) is 0 Å². The van der Waals surface area contributed by atoms with Gasteiger partial charge in [-0.1, -0.05) is 12.5 Å². The van der Waals surface area contributed by atoms with Crippen LogP contribution in [0.3, 0.4) is 0 Å². The SMILES string of the molecule is Cc1ccc(N)cc1NCC1CCCC(O)C1. The Kier molecular flexibility index (Phi) is 3.89. The summed E-state index contributed by atoms with van der Waals surface area (Å²) >= 11 is 0. The Hall–Kier alpha value is -1.22. The molecule has 0 saturated heterocycles. The fourth-order valence-corrected chi connectivity index (χ4v) is 2.53. The summed E-state index contributed by atoms with van der Waals surface area (Å²) in [6.07, 6.45) is 4.15. The zero-order valence-corrected chi connectivity index (χ0v) is 10.4. The van der Waals surface area contributed by atoms with Gasteiger partial charge in [0.25, 0.3) is 0 Å². The highest BCUT2D eigenvalue weighted by Crippen LogP contribution is 2.25. The molecule has 3 nitrogen and oxygen atoms in total. The summed E-state index contributed by atoms with van der Waals surface area (Å²) in [5.74, 6) is 0.583. The zero-order chi connectivity index (χ0) is 12.3. The lowest BCUT2D eigenvalue weighted by atomic mass is 9.87. The summed E-state index contributed by atoms with van der Waals surface area (Å²) in [6.45, 7) is 3.01. The Morgan fingerprint density at radius 2 is 2.24 bits per heavy atom. The van der Waals surface area contributed by atoms with Gasteiger partial charge < -0.3 is 16.2 Å². The number of nitrogens with two attached hydrogens (primary N) is 1. The van der Waals surface area contributed by atoms with Gasteiger partial charge in [-0.15, -0.1) is 0 Å². The predicted octanol–water partition coefficient (Wildman–Crippen LogP) is 2.54. The number of nitrogen functional groups attached to an aromatic ring is 1. The molecule has 1 aliphatic carbocycles. The molecule has 0 aromatic heterocycles. The van der Waals surface area contributed by atoms with E-state index in [1.165, 1.54) is 12.0 Å². The molecule has 0 heterocycles. The smallest absolute Gasteiger partial charge is 0.0543 e. The molecule has 0 bridgehead atoms. The molecule has 0 aliphatic heterocycles. The van der Waals surface area contributed by atoms with E-state index in [-0.39, 0.29) is 6.10 Å². The third kappa shape index (κ3) is 3.37. The molecule has 1 saturated carbocycles. The number of aliphatic hydroxyl groups is 1. The van der Waals surface area contributed by atoms with Crippen molar-refractivity contribution in [3.05, 3.63) is 23.8 Å². The average Bonchev–Trinajstić information content (AvgIpc) is 2.30. The van der Waals surface area contributed by atoms with Crippen molar-refractivity contribution in [2.24, 2.45) is 5.92 Å². The van der Waals surface area contributed by atoms with Crippen molar-refractivity contribution < 1.29 is 5.11 Å². The van der Waals surface area contributed by atoms with Gasteiger partial charge in [0.1, 0.15) is 0 Å². The largest absolute Gasteiger partial charge is 0.399 e. The molecule has 3 heteroatoms. The van der Waals surface area contributed by atoms with E-state index < -0.39 is 0 Å². The van der Waals surface area contributed by atoms with E-state index in [1.54, 1.807) is 0 Å². The first-order valence-electron chi connectivity index (χ1n) is 6.43. The van der Waals surface area contributed by atoms with E-state index in [4.69, 9.17) is 5.73 Å². The zero-order valence-electron chi connectivity index (χ0n) is 10.4. The molecule has 1 aromatic rings. The maximum atomic E-state index is 9.63. The summed E-state index contributed by atoms with van der Waals surface area (Å²) in [5.41, 5.74) is 8.91. The van der Waals surface area contributed by atoms with Gasteiger partial charge in [0.2, 0.25) is 0 Å². The van der Waals surface area contributed by atoms with E-state index in [9.17, 15) is 5.11 Å². The summed E-state index contributed by atoms with van der Waals surface area (Å²) in [7, 11) is 0. The number of hydrogen-bond acceptors (Lipinski definition) is 3. The monoisotopic (exact) mass is 234 g/mol. The quantitative estimate of drug-likeness (QED) is 0.704. The fraction of sp³-hybridized carbons (Fsp3) is 0.571. The van der Waals surface area contributed by atoms with Crippen molar-refractivity contribution in [3.63, 3.8) is 0 Å². The van der Waals surface area contributed by atoms with Gasteiger partial charge >= 0.3 is 0 Å². The van der Waals surface area contributed by atoms with Crippen LogP contribution in [0.4, 0.5) is 11.4 Å². The van der Waals surface area contributed by atoms with Crippen molar-refractivity contribution in [1.29, 1.82) is 0 Å². The number of aliphatic hydroxyl groups excluding tert-OH is 1. The molecular formula is C14H22N2O. The number of aryl methyl sites for hydroxylation is 1. The van der Waals surface area contributed by atoms with Crippen molar-refractivity contribution in [3.8, 4) is 0 Å². The highest BCUT2D eigenvalue weighted by atomic mass is 16.3. The highest BCUT2D eigenvalue weighted by Gasteiger charge is 2.19. The molecule has 1 fully saturated rings. The van der Waals surface area contributed by atoms with Gasteiger partial charge in [0, 0.05) is 17.9 Å². The van der Waals surface area contributed by atoms with Crippen molar-refractivity contribution in [2.45, 2.75) is 38.7 Å². The van der Waals surface area contributed by atoms with Crippen LogP contribution in [0, 0.1) is 12.8 Å². The lowest BCUT2D eigenvalue weighted by Crippen LogP contribution is -2.25. The maximum Gasteiger partial charge on any atom is 0.0543 e. The number of rotatable bonds is 3. The van der Waals surface area contributed by atoms with Gasteiger partial charge in [-0.25, -0.2) is 0 Å². The van der Waals surface area contributed by atoms with Crippen molar-refractivity contribution in [2.75, 3.05) is 17.6 Å². The van der Waals surface area contributed by atoms with Crippen molar-refractivity contribution in [1.82, 2.24) is 0 Å². The number of nitrogens with one attached hydrogen (secondary N) is 1. The van der Waals surface area contributed by atoms with Gasteiger partial charge in [0.15, 0.2) is 0 Å². The number of hydrogen-bond donors (Lipinski definition) is 3. The highest BCUT2D eigenvalue weighted by molar-refractivity contribution is 5.59. The Morgan fingerprint density at radius 1 is 1.41 bits per heavy atom. The second kappa shape index (κ2) is 5.41. The van der Waals surface area contributed by atoms with Crippen LogP contribution in [0.1, 0.15) is 31.2 Å². The number of anilines is 2. The normalized spacial score (nSPS) is 24.6. The second-order valence-electron chi connectivity index (χ2n) is 5.14. The van der Waals surface area contributed by atoms with E-state index in [1.807, 2.05) is 18.2 Å². The first-order chi connectivity index (χ1) is 8.15. The summed E-state index contributed by atoms with van der Waals surface area (Å²) in [4.78, 5) is 0. The first kappa shape index (κ1) is 12.2. The minimum absolute atomic E-state index is 0.0995. The minimum atomic E-state index is -0.0995. The summed E-state index contributed by atoms with van der Waals surface area (Å²) in [5, 5.41) is 13.1. The molecule has 17 heavy (non-hydrogen) atoms. The van der Waals surface area contributed by atoms with E-state index in [0.717, 1.165) is 37.2 Å². The van der Waals surface area contributed by atoms with E-state index >= 15 is 0 Å². The van der Waals surface area contributed by atoms with Crippen molar-refractivity contribution >= 4 is 11.4 Å². The third-order valence-corrected chi connectivity index (χ3v) is 3.60. The molecule has 1 aromatic carbocycles. The Balaban J connectivity index is 1.90. The molecule has 2 atom stereocenters. The molecular weight excluding hydrogens is 212 g/mol. The fourth-order valence-electron chi connectivity index (χ4n) is 2.53. The average molecular weight is 234 g/mol. The molecule has 1 aliphatic rings. The molecule has 94 valence electrons. The van der Waals surface area contributed by atoms with Gasteiger partial charge in [-0.2, -0.15) is 0 Å². The van der Waals surface area contributed by atoms with Crippen LogP contribution in [-0.4, -0.2) is 17.8 Å². The van der Waals surface area contributed by atoms with Gasteiger partial charge in [-0.3, -0.25) is 0 Å². The van der Waals surface area contributed by atoms with Crippen LogP contribution in [0.2, 0.25) is 0 Å². The minimum Gasteiger partial charge on any atom is -0.399 e. The van der Waals surface area contributed by atoms with Gasteiger partial charge in [-0.05, 0) is 49.8 Å². The molecule has 0 radical (unpaired) electrons. The summed E-state index contributed by atoms with van der Waals surface area (Å²) in [6, 6.07) is 5.94. The van der Waals surface area contributed by atoms with Crippen LogP contribution in [0.5, 0.6) is 0 Å². The lowest BCUT2D eigenvalue weighted by molar-refractivity contribution is 0.105. The van der Waals surface area contributed by atoms with Crippen LogP contribution >= 0.6 is 0 Å². The third-order valence-electron chi connectivity index (χ3n) is 3.60.